The van der Waals surface area contributed by atoms with Gasteiger partial charge in [-0.15, -0.1) is 0 Å². The van der Waals surface area contributed by atoms with Gasteiger partial charge < -0.3 is 4.90 Å². The monoisotopic (exact) mass is 266 g/mol. The molecule has 0 spiro atoms. The molecule has 102 valence electrons. The molecule has 0 saturated carbocycles. The molecule has 2 aliphatic heterocycles. The Bertz CT molecular complexity index is 709. The molecule has 0 radical (unpaired) electrons. The molecule has 0 N–H and O–H groups in total. The number of hydrogen-bond donors (Lipinski definition) is 0. The van der Waals surface area contributed by atoms with Gasteiger partial charge >= 0.3 is 0 Å². The van der Waals surface area contributed by atoms with E-state index in [9.17, 15) is 4.79 Å². The van der Waals surface area contributed by atoms with E-state index in [-0.39, 0.29) is 17.9 Å². The number of nitrogens with zero attached hydrogens (tertiary/aromatic N) is 2. The number of pyridine rings is 1. The molecule has 3 nitrogen and oxygen atoms in total. The average molecular weight is 266 g/mol. The Hall–Kier alpha value is -1.90. The van der Waals surface area contributed by atoms with E-state index in [1.165, 1.54) is 10.9 Å². The smallest absolute Gasteiger partial charge is 0.226 e. The number of amides is 1. The first-order valence-corrected chi connectivity index (χ1v) is 7.34. The van der Waals surface area contributed by atoms with Crippen LogP contribution in [0.2, 0.25) is 0 Å². The number of rotatable bonds is 0. The summed E-state index contributed by atoms with van der Waals surface area (Å²) in [5.74, 6) is 0.855. The number of benzene rings is 1. The number of carbonyl (C=O) groups is 1. The number of carbonyl (C=O) groups excluding carboxylic acids is 1. The van der Waals surface area contributed by atoms with Gasteiger partial charge in [0, 0.05) is 17.8 Å². The van der Waals surface area contributed by atoms with E-state index in [0.29, 0.717) is 5.92 Å². The zero-order valence-electron chi connectivity index (χ0n) is 11.8. The summed E-state index contributed by atoms with van der Waals surface area (Å²) in [5.41, 5.74) is 3.38. The third-order valence-electron chi connectivity index (χ3n) is 4.99. The van der Waals surface area contributed by atoms with Gasteiger partial charge in [-0.2, -0.15) is 0 Å². The zero-order chi connectivity index (χ0) is 13.9. The minimum Gasteiger partial charge on any atom is -0.329 e. The maximum Gasteiger partial charge on any atom is 0.226 e. The molecule has 0 aliphatic carbocycles. The first-order chi connectivity index (χ1) is 9.65. The summed E-state index contributed by atoms with van der Waals surface area (Å²) >= 11 is 0. The van der Waals surface area contributed by atoms with Crippen LogP contribution >= 0.6 is 0 Å². The van der Waals surface area contributed by atoms with E-state index in [2.05, 4.69) is 32.0 Å². The molecule has 1 fully saturated rings. The molecule has 1 amide bonds. The minimum atomic E-state index is 0.134. The molecule has 3 heterocycles. The molecule has 1 unspecified atom stereocenters. The quantitative estimate of drug-likeness (QED) is 0.733. The Morgan fingerprint density at radius 3 is 2.90 bits per heavy atom. The maximum absolute atomic E-state index is 12.5. The molecule has 0 bridgehead atoms. The van der Waals surface area contributed by atoms with Crippen molar-refractivity contribution in [2.24, 2.45) is 11.8 Å². The van der Waals surface area contributed by atoms with E-state index in [1.54, 1.807) is 0 Å². The van der Waals surface area contributed by atoms with E-state index in [1.807, 2.05) is 17.0 Å². The third-order valence-corrected chi connectivity index (χ3v) is 4.99. The van der Waals surface area contributed by atoms with Crippen LogP contribution in [0.15, 0.2) is 30.3 Å². The molecule has 3 heteroatoms. The number of aromatic nitrogens is 1. The minimum absolute atomic E-state index is 0.134. The fourth-order valence-corrected chi connectivity index (χ4v) is 3.56. The number of piperidine rings is 1. The second-order valence-corrected chi connectivity index (χ2v) is 6.21. The van der Waals surface area contributed by atoms with Crippen molar-refractivity contribution >= 4 is 16.8 Å². The van der Waals surface area contributed by atoms with Crippen molar-refractivity contribution < 1.29 is 4.79 Å². The summed E-state index contributed by atoms with van der Waals surface area (Å²) < 4.78 is 0. The molecule has 20 heavy (non-hydrogen) atoms. The topological polar surface area (TPSA) is 33.2 Å². The normalized spacial score (nSPS) is 28.6. The summed E-state index contributed by atoms with van der Waals surface area (Å²) in [7, 11) is 0. The van der Waals surface area contributed by atoms with Crippen molar-refractivity contribution in [3.63, 3.8) is 0 Å². The van der Waals surface area contributed by atoms with Crippen molar-refractivity contribution in [1.82, 2.24) is 9.88 Å². The molecule has 2 aromatic rings. The second-order valence-electron chi connectivity index (χ2n) is 6.21. The highest BCUT2D eigenvalue weighted by molar-refractivity contribution is 5.83. The summed E-state index contributed by atoms with van der Waals surface area (Å²) in [4.78, 5) is 19.3. The lowest BCUT2D eigenvalue weighted by Gasteiger charge is -2.37. The Labute approximate surface area is 118 Å². The van der Waals surface area contributed by atoms with Crippen LogP contribution in [0.5, 0.6) is 0 Å². The fourth-order valence-electron chi connectivity index (χ4n) is 3.56. The predicted octanol–water partition coefficient (Wildman–Crippen LogP) is 3.29. The fraction of sp³-hybridized carbons (Fsp3) is 0.412. The third kappa shape index (κ3) is 1.52. The molecular weight excluding hydrogens is 248 g/mol. The highest BCUT2D eigenvalue weighted by Gasteiger charge is 2.43. The molecule has 1 aromatic heterocycles. The van der Waals surface area contributed by atoms with Crippen LogP contribution in [-0.4, -0.2) is 15.8 Å². The molecule has 1 saturated heterocycles. The van der Waals surface area contributed by atoms with Crippen LogP contribution in [0, 0.1) is 11.8 Å². The van der Waals surface area contributed by atoms with Crippen LogP contribution < -0.4 is 0 Å². The van der Waals surface area contributed by atoms with Gasteiger partial charge in [-0.1, -0.05) is 32.0 Å². The van der Waals surface area contributed by atoms with Gasteiger partial charge in [0.25, 0.3) is 0 Å². The van der Waals surface area contributed by atoms with Crippen LogP contribution in [0.25, 0.3) is 10.9 Å². The molecular formula is C17H18N2O. The van der Waals surface area contributed by atoms with Gasteiger partial charge in [0.1, 0.15) is 0 Å². The van der Waals surface area contributed by atoms with Crippen molar-refractivity contribution in [2.45, 2.75) is 32.9 Å². The Morgan fingerprint density at radius 1 is 1.25 bits per heavy atom. The molecule has 1 aromatic carbocycles. The number of hydrogen-bond acceptors (Lipinski definition) is 2. The van der Waals surface area contributed by atoms with Gasteiger partial charge in [-0.05, 0) is 30.0 Å². The van der Waals surface area contributed by atoms with Crippen LogP contribution in [0.4, 0.5) is 0 Å². The van der Waals surface area contributed by atoms with Gasteiger partial charge in [-0.3, -0.25) is 9.78 Å². The van der Waals surface area contributed by atoms with Gasteiger partial charge in [0.15, 0.2) is 0 Å². The van der Waals surface area contributed by atoms with Crippen LogP contribution in [-0.2, 0) is 11.3 Å². The average Bonchev–Trinajstić information content (AvgIpc) is 2.80. The SMILES string of the molecule is C[C@@H]1CC2c3nc4ccccc4cc3CN2C(=O)[C@@H]1C. The molecule has 3 atom stereocenters. The standard InChI is InChI=1S/C17H18N2O/c1-10-7-15-16-13(9-19(15)17(20)11(10)2)8-12-5-3-4-6-14(12)18-16/h3-6,8,10-11,15H,7,9H2,1-2H3/t10-,11-,15?/m1/s1. The van der Waals surface area contributed by atoms with E-state index in [4.69, 9.17) is 4.98 Å². The first-order valence-electron chi connectivity index (χ1n) is 7.34. The Kier molecular flexibility index (Phi) is 2.40. The van der Waals surface area contributed by atoms with Gasteiger partial charge in [0.05, 0.1) is 17.3 Å². The van der Waals surface area contributed by atoms with E-state index >= 15 is 0 Å². The van der Waals surface area contributed by atoms with Crippen molar-refractivity contribution in [3.8, 4) is 0 Å². The van der Waals surface area contributed by atoms with Crippen molar-refractivity contribution in [3.05, 3.63) is 41.6 Å². The Balaban J connectivity index is 1.85. The highest BCUT2D eigenvalue weighted by atomic mass is 16.2. The zero-order valence-corrected chi connectivity index (χ0v) is 11.8. The summed E-state index contributed by atoms with van der Waals surface area (Å²) in [6.07, 6.45) is 1.03. The van der Waals surface area contributed by atoms with Gasteiger partial charge in [0.2, 0.25) is 5.91 Å². The lowest BCUT2D eigenvalue weighted by Crippen LogP contribution is -2.42. The van der Waals surface area contributed by atoms with Crippen LogP contribution in [0.1, 0.15) is 37.6 Å². The summed E-state index contributed by atoms with van der Waals surface area (Å²) in [6, 6.07) is 10.6. The first kappa shape index (κ1) is 11.9. The molecule has 4 rings (SSSR count). The van der Waals surface area contributed by atoms with Crippen LogP contribution in [0.3, 0.4) is 0 Å². The summed E-state index contributed by atoms with van der Waals surface area (Å²) in [5, 5.41) is 1.17. The predicted molar refractivity (Wildman–Crippen MR) is 78.0 cm³/mol. The summed E-state index contributed by atoms with van der Waals surface area (Å²) in [6.45, 7) is 4.96. The van der Waals surface area contributed by atoms with E-state index < -0.39 is 0 Å². The lowest BCUT2D eigenvalue weighted by atomic mass is 9.84. The van der Waals surface area contributed by atoms with E-state index in [0.717, 1.165) is 24.2 Å². The van der Waals surface area contributed by atoms with Crippen molar-refractivity contribution in [1.29, 1.82) is 0 Å². The highest BCUT2D eigenvalue weighted by Crippen LogP contribution is 2.44. The molecule has 2 aliphatic rings. The maximum atomic E-state index is 12.5. The van der Waals surface area contributed by atoms with Crippen molar-refractivity contribution in [2.75, 3.05) is 0 Å². The lowest BCUT2D eigenvalue weighted by molar-refractivity contribution is -0.143. The number of fused-ring (bicyclic) bond motifs is 4. The number of para-hydroxylation sites is 1. The second kappa shape index (κ2) is 4.05. The van der Waals surface area contributed by atoms with Gasteiger partial charge in [-0.25, -0.2) is 0 Å². The largest absolute Gasteiger partial charge is 0.329 e. The Morgan fingerprint density at radius 2 is 2.05 bits per heavy atom.